The number of benzene rings is 1. The molecule has 1 heterocycles. The second-order valence-corrected chi connectivity index (χ2v) is 5.93. The monoisotopic (exact) mass is 305 g/mol. The standard InChI is InChI=1S/C17H27N3O2/c1-3-17(13-21)20-10-8-19(9-11-20)12-15-4-6-16(7-5-15)18-14(2)22/h4-7,17,21H,3,8-13H2,1-2H3,(H,18,22). The molecule has 1 aliphatic heterocycles. The topological polar surface area (TPSA) is 55.8 Å². The normalized spacial score (nSPS) is 18.1. The average Bonchev–Trinajstić information content (AvgIpc) is 2.51. The maximum Gasteiger partial charge on any atom is 0.221 e. The number of aliphatic hydroxyl groups is 1. The van der Waals surface area contributed by atoms with Gasteiger partial charge in [-0.15, -0.1) is 0 Å². The highest BCUT2D eigenvalue weighted by Crippen LogP contribution is 2.14. The fourth-order valence-corrected chi connectivity index (χ4v) is 2.94. The lowest BCUT2D eigenvalue weighted by atomic mass is 10.1. The molecular weight excluding hydrogens is 278 g/mol. The van der Waals surface area contributed by atoms with Gasteiger partial charge in [0, 0.05) is 51.4 Å². The van der Waals surface area contributed by atoms with Crippen molar-refractivity contribution in [2.75, 3.05) is 38.1 Å². The van der Waals surface area contributed by atoms with E-state index >= 15 is 0 Å². The van der Waals surface area contributed by atoms with Crippen molar-refractivity contribution in [2.24, 2.45) is 0 Å². The Bertz CT molecular complexity index is 463. The number of amides is 1. The Balaban J connectivity index is 1.82. The Morgan fingerprint density at radius 1 is 1.23 bits per heavy atom. The Morgan fingerprint density at radius 2 is 1.86 bits per heavy atom. The summed E-state index contributed by atoms with van der Waals surface area (Å²) in [4.78, 5) is 15.8. The molecule has 0 aliphatic carbocycles. The highest BCUT2D eigenvalue weighted by molar-refractivity contribution is 5.88. The number of hydrogen-bond acceptors (Lipinski definition) is 4. The van der Waals surface area contributed by atoms with Crippen LogP contribution in [0.3, 0.4) is 0 Å². The van der Waals surface area contributed by atoms with E-state index in [0.717, 1.165) is 44.8 Å². The van der Waals surface area contributed by atoms with Gasteiger partial charge in [0.15, 0.2) is 0 Å². The number of carbonyl (C=O) groups excluding carboxylic acids is 1. The summed E-state index contributed by atoms with van der Waals surface area (Å²) in [7, 11) is 0. The average molecular weight is 305 g/mol. The van der Waals surface area contributed by atoms with Gasteiger partial charge in [-0.3, -0.25) is 14.6 Å². The number of nitrogens with zero attached hydrogens (tertiary/aromatic N) is 2. The summed E-state index contributed by atoms with van der Waals surface area (Å²) < 4.78 is 0. The van der Waals surface area contributed by atoms with E-state index in [9.17, 15) is 9.90 Å². The minimum atomic E-state index is -0.0433. The maximum atomic E-state index is 11.0. The lowest BCUT2D eigenvalue weighted by molar-refractivity contribution is -0.114. The van der Waals surface area contributed by atoms with Crippen molar-refractivity contribution in [1.82, 2.24) is 9.80 Å². The lowest BCUT2D eigenvalue weighted by Crippen LogP contribution is -2.50. The summed E-state index contributed by atoms with van der Waals surface area (Å²) in [6, 6.07) is 8.34. The molecule has 5 heteroatoms. The molecule has 0 spiro atoms. The third kappa shape index (κ3) is 4.80. The largest absolute Gasteiger partial charge is 0.395 e. The smallest absolute Gasteiger partial charge is 0.221 e. The van der Waals surface area contributed by atoms with Crippen molar-refractivity contribution in [3.63, 3.8) is 0 Å². The number of hydrogen-bond donors (Lipinski definition) is 2. The molecule has 0 bridgehead atoms. The van der Waals surface area contributed by atoms with E-state index in [2.05, 4.69) is 34.2 Å². The van der Waals surface area contributed by atoms with Crippen LogP contribution in [0.25, 0.3) is 0 Å². The number of nitrogens with one attached hydrogen (secondary N) is 1. The molecule has 0 radical (unpaired) electrons. The third-order valence-corrected chi connectivity index (χ3v) is 4.29. The molecular formula is C17H27N3O2. The first kappa shape index (κ1) is 16.9. The number of aliphatic hydroxyl groups excluding tert-OH is 1. The van der Waals surface area contributed by atoms with Gasteiger partial charge in [0.2, 0.25) is 5.91 Å². The molecule has 1 atom stereocenters. The van der Waals surface area contributed by atoms with Crippen molar-refractivity contribution in [1.29, 1.82) is 0 Å². The van der Waals surface area contributed by atoms with Crippen LogP contribution in [0.5, 0.6) is 0 Å². The van der Waals surface area contributed by atoms with Crippen molar-refractivity contribution in [2.45, 2.75) is 32.9 Å². The minimum absolute atomic E-state index is 0.0433. The maximum absolute atomic E-state index is 11.0. The Hall–Kier alpha value is -1.43. The first-order valence-electron chi connectivity index (χ1n) is 8.06. The molecule has 1 aliphatic rings. The molecule has 1 unspecified atom stereocenters. The van der Waals surface area contributed by atoms with Crippen LogP contribution in [-0.4, -0.2) is 59.6 Å². The van der Waals surface area contributed by atoms with E-state index in [1.807, 2.05) is 12.1 Å². The highest BCUT2D eigenvalue weighted by atomic mass is 16.3. The molecule has 1 aromatic rings. The van der Waals surface area contributed by atoms with E-state index in [-0.39, 0.29) is 12.5 Å². The third-order valence-electron chi connectivity index (χ3n) is 4.29. The van der Waals surface area contributed by atoms with E-state index in [1.165, 1.54) is 12.5 Å². The van der Waals surface area contributed by atoms with Crippen LogP contribution >= 0.6 is 0 Å². The number of anilines is 1. The Morgan fingerprint density at radius 3 is 2.36 bits per heavy atom. The van der Waals surface area contributed by atoms with E-state index in [4.69, 9.17) is 0 Å². The minimum Gasteiger partial charge on any atom is -0.395 e. The summed E-state index contributed by atoms with van der Waals surface area (Å²) in [6.45, 7) is 8.93. The zero-order valence-electron chi connectivity index (χ0n) is 13.6. The highest BCUT2D eigenvalue weighted by Gasteiger charge is 2.22. The Kier molecular flexibility index (Phi) is 6.36. The zero-order chi connectivity index (χ0) is 15.9. The fraction of sp³-hybridized carbons (Fsp3) is 0.588. The summed E-state index contributed by atoms with van der Waals surface area (Å²) in [5, 5.41) is 12.2. The summed E-state index contributed by atoms with van der Waals surface area (Å²) in [6.07, 6.45) is 1.00. The molecule has 1 saturated heterocycles. The van der Waals surface area contributed by atoms with Crippen LogP contribution in [0.15, 0.2) is 24.3 Å². The molecule has 0 aromatic heterocycles. The van der Waals surface area contributed by atoms with Gasteiger partial charge in [-0.2, -0.15) is 0 Å². The molecule has 0 saturated carbocycles. The number of carbonyl (C=O) groups is 1. The van der Waals surface area contributed by atoms with Gasteiger partial charge < -0.3 is 10.4 Å². The van der Waals surface area contributed by atoms with Crippen LogP contribution in [0.2, 0.25) is 0 Å². The van der Waals surface area contributed by atoms with Gasteiger partial charge in [-0.1, -0.05) is 19.1 Å². The quantitative estimate of drug-likeness (QED) is 0.837. The Labute approximate surface area is 132 Å². The van der Waals surface area contributed by atoms with E-state index in [0.29, 0.717) is 6.04 Å². The fourth-order valence-electron chi connectivity index (χ4n) is 2.94. The van der Waals surface area contributed by atoms with Crippen LogP contribution < -0.4 is 5.32 Å². The van der Waals surface area contributed by atoms with Crippen LogP contribution in [0.4, 0.5) is 5.69 Å². The van der Waals surface area contributed by atoms with Gasteiger partial charge in [-0.05, 0) is 24.1 Å². The first-order chi connectivity index (χ1) is 10.6. The lowest BCUT2D eigenvalue weighted by Gasteiger charge is -2.38. The van der Waals surface area contributed by atoms with Crippen molar-refractivity contribution in [3.8, 4) is 0 Å². The van der Waals surface area contributed by atoms with Crippen molar-refractivity contribution >= 4 is 11.6 Å². The SMILES string of the molecule is CCC(CO)N1CCN(Cc2ccc(NC(C)=O)cc2)CC1. The molecule has 1 fully saturated rings. The summed E-state index contributed by atoms with van der Waals surface area (Å²) in [5.41, 5.74) is 2.10. The van der Waals surface area contributed by atoms with Gasteiger partial charge in [0.1, 0.15) is 0 Å². The van der Waals surface area contributed by atoms with Gasteiger partial charge >= 0.3 is 0 Å². The van der Waals surface area contributed by atoms with E-state index in [1.54, 1.807) is 0 Å². The van der Waals surface area contributed by atoms with Gasteiger partial charge in [0.05, 0.1) is 6.61 Å². The van der Waals surface area contributed by atoms with Gasteiger partial charge in [0.25, 0.3) is 0 Å². The number of piperazine rings is 1. The second-order valence-electron chi connectivity index (χ2n) is 5.93. The molecule has 1 amide bonds. The van der Waals surface area contributed by atoms with Crippen molar-refractivity contribution < 1.29 is 9.90 Å². The first-order valence-corrected chi connectivity index (χ1v) is 8.06. The molecule has 22 heavy (non-hydrogen) atoms. The van der Waals surface area contributed by atoms with Gasteiger partial charge in [-0.25, -0.2) is 0 Å². The van der Waals surface area contributed by atoms with Crippen LogP contribution in [0.1, 0.15) is 25.8 Å². The van der Waals surface area contributed by atoms with Crippen LogP contribution in [0, 0.1) is 0 Å². The van der Waals surface area contributed by atoms with Crippen molar-refractivity contribution in [3.05, 3.63) is 29.8 Å². The number of rotatable bonds is 6. The second kappa shape index (κ2) is 8.27. The molecule has 2 rings (SSSR count). The predicted molar refractivity (Wildman–Crippen MR) is 88.8 cm³/mol. The summed E-state index contributed by atoms with van der Waals surface area (Å²) in [5.74, 6) is -0.0433. The molecule has 5 nitrogen and oxygen atoms in total. The van der Waals surface area contributed by atoms with E-state index < -0.39 is 0 Å². The zero-order valence-corrected chi connectivity index (χ0v) is 13.6. The predicted octanol–water partition coefficient (Wildman–Crippen LogP) is 1.53. The molecule has 1 aromatic carbocycles. The van der Waals surface area contributed by atoms with Crippen LogP contribution in [-0.2, 0) is 11.3 Å². The summed E-state index contributed by atoms with van der Waals surface area (Å²) >= 11 is 0. The molecule has 2 N–H and O–H groups in total. The molecule has 122 valence electrons.